The van der Waals surface area contributed by atoms with Crippen LogP contribution in [0.4, 0.5) is 0 Å². The normalized spacial score (nSPS) is 31.8. The first-order chi connectivity index (χ1) is 3.71. The molecule has 1 aliphatic rings. The standard InChI is InChI=1S/C5H11IOSe/c1-8(6)4-2-7-3-5-8/h2-5H2,1H3. The van der Waals surface area contributed by atoms with Crippen LogP contribution < -0.4 is 0 Å². The molecule has 3 heteroatoms. The number of hydrogen-bond donors (Lipinski definition) is 0. The molecule has 0 atom stereocenters. The fourth-order valence-corrected chi connectivity index (χ4v) is 4.92. The third-order valence-corrected chi connectivity index (χ3v) is 10.2. The molecule has 1 aliphatic heterocycles. The second kappa shape index (κ2) is 2.86. The van der Waals surface area contributed by atoms with Gasteiger partial charge in [-0.3, -0.25) is 0 Å². The maximum atomic E-state index is 5.24. The maximum absolute atomic E-state index is 5.24. The summed E-state index contributed by atoms with van der Waals surface area (Å²) in [6.45, 7) is 2.05. The van der Waals surface area contributed by atoms with E-state index in [2.05, 4.69) is 26.2 Å². The quantitative estimate of drug-likeness (QED) is 0.490. The molecule has 0 unspecified atom stereocenters. The van der Waals surface area contributed by atoms with E-state index >= 15 is 0 Å². The topological polar surface area (TPSA) is 9.23 Å². The second-order valence-electron chi connectivity index (χ2n) is 2.17. The Morgan fingerprint density at radius 2 is 1.88 bits per heavy atom. The summed E-state index contributed by atoms with van der Waals surface area (Å²) in [4.78, 5) is 0. The zero-order valence-electron chi connectivity index (χ0n) is 5.02. The van der Waals surface area contributed by atoms with E-state index in [4.69, 9.17) is 4.74 Å². The summed E-state index contributed by atoms with van der Waals surface area (Å²) in [5, 5.41) is 2.74. The summed E-state index contributed by atoms with van der Waals surface area (Å²) >= 11 is 2.67. The number of ether oxygens (including phenoxy) is 1. The summed E-state index contributed by atoms with van der Waals surface area (Å²) < 4.78 is 5.24. The van der Waals surface area contributed by atoms with Crippen molar-refractivity contribution in [1.82, 2.24) is 0 Å². The van der Waals surface area contributed by atoms with Gasteiger partial charge in [0.15, 0.2) is 0 Å². The molecule has 0 amide bonds. The summed E-state index contributed by atoms with van der Waals surface area (Å²) in [5.74, 6) is 2.44. The molecule has 0 aromatic heterocycles. The molecule has 0 saturated carbocycles. The van der Waals surface area contributed by atoms with Crippen LogP contribution in [0.15, 0.2) is 0 Å². The predicted molar refractivity (Wildman–Crippen MR) is 46.1 cm³/mol. The molecule has 1 nitrogen and oxygen atoms in total. The van der Waals surface area contributed by atoms with Crippen LogP contribution >= 0.6 is 20.3 Å². The van der Waals surface area contributed by atoms with E-state index in [-0.39, 0.29) is 0 Å². The fourth-order valence-electron chi connectivity index (χ4n) is 0.669. The predicted octanol–water partition coefficient (Wildman–Crippen LogP) is 2.03. The molecule has 50 valence electrons. The van der Waals surface area contributed by atoms with Crippen molar-refractivity contribution in [3.63, 3.8) is 0 Å². The molecule has 0 radical (unpaired) electrons. The summed E-state index contributed by atoms with van der Waals surface area (Å²) in [6, 6.07) is 0. The van der Waals surface area contributed by atoms with Gasteiger partial charge in [-0.05, 0) is 0 Å². The van der Waals surface area contributed by atoms with Gasteiger partial charge in [-0.25, -0.2) is 0 Å². The van der Waals surface area contributed by atoms with Crippen LogP contribution in [0.5, 0.6) is 0 Å². The Bertz CT molecular complexity index is 76.5. The number of halogens is 1. The first-order valence-electron chi connectivity index (χ1n) is 2.72. The van der Waals surface area contributed by atoms with E-state index in [0.717, 1.165) is 13.2 Å². The molecule has 1 heterocycles. The van der Waals surface area contributed by atoms with E-state index in [1.165, 1.54) is 10.6 Å². The molecule has 0 aromatic carbocycles. The van der Waals surface area contributed by atoms with Crippen molar-refractivity contribution in [2.75, 3.05) is 13.2 Å². The Labute approximate surface area is 64.1 Å². The Kier molecular flexibility index (Phi) is 2.62. The SMILES string of the molecule is C[Se]1(I)CCOCC1. The Morgan fingerprint density at radius 3 is 2.12 bits per heavy atom. The zero-order chi connectivity index (χ0) is 6.04. The van der Waals surface area contributed by atoms with Gasteiger partial charge in [0.1, 0.15) is 0 Å². The number of rotatable bonds is 0. The minimum absolute atomic E-state index is 0.904. The first kappa shape index (κ1) is 7.32. The van der Waals surface area contributed by atoms with Gasteiger partial charge in [0.05, 0.1) is 0 Å². The molecular formula is C5H11IOSe. The summed E-state index contributed by atoms with van der Waals surface area (Å²) in [7, 11) is -0.904. The van der Waals surface area contributed by atoms with Crippen molar-refractivity contribution in [3.8, 4) is 0 Å². The Balaban J connectivity index is 2.33. The molecule has 1 fully saturated rings. The van der Waals surface area contributed by atoms with E-state index in [1.54, 1.807) is 0 Å². The monoisotopic (exact) mass is 294 g/mol. The van der Waals surface area contributed by atoms with Crippen molar-refractivity contribution in [2.24, 2.45) is 0 Å². The van der Waals surface area contributed by atoms with Crippen LogP contribution in [-0.2, 0) is 4.74 Å². The molecule has 0 bridgehead atoms. The molecule has 1 rings (SSSR count). The van der Waals surface area contributed by atoms with Gasteiger partial charge in [-0.15, -0.1) is 0 Å². The second-order valence-corrected chi connectivity index (χ2v) is 19.8. The first-order valence-corrected chi connectivity index (χ1v) is 12.1. The third kappa shape index (κ3) is 2.21. The summed E-state index contributed by atoms with van der Waals surface area (Å²) in [6.07, 6.45) is 0. The molecule has 8 heavy (non-hydrogen) atoms. The van der Waals surface area contributed by atoms with E-state index in [1.807, 2.05) is 0 Å². The molecule has 0 aromatic rings. The van der Waals surface area contributed by atoms with Crippen molar-refractivity contribution in [2.45, 2.75) is 16.5 Å². The van der Waals surface area contributed by atoms with Gasteiger partial charge in [-0.1, -0.05) is 0 Å². The van der Waals surface area contributed by atoms with Gasteiger partial charge in [-0.2, -0.15) is 0 Å². The molecular weight excluding hydrogens is 282 g/mol. The van der Waals surface area contributed by atoms with Gasteiger partial charge < -0.3 is 0 Å². The zero-order valence-corrected chi connectivity index (χ0v) is 8.89. The average molecular weight is 293 g/mol. The number of hydrogen-bond acceptors (Lipinski definition) is 1. The average Bonchev–Trinajstić information content (AvgIpc) is 1.65. The molecule has 1 saturated heterocycles. The third-order valence-electron chi connectivity index (χ3n) is 1.31. The van der Waals surface area contributed by atoms with Crippen molar-refractivity contribution >= 4 is 29.9 Å². The van der Waals surface area contributed by atoms with Crippen LogP contribution in [0.1, 0.15) is 0 Å². The van der Waals surface area contributed by atoms with Gasteiger partial charge in [0.2, 0.25) is 0 Å². The van der Waals surface area contributed by atoms with Crippen molar-refractivity contribution in [1.29, 1.82) is 0 Å². The van der Waals surface area contributed by atoms with Crippen LogP contribution in [0, 0.1) is 0 Å². The van der Waals surface area contributed by atoms with Gasteiger partial charge in [0, 0.05) is 0 Å². The van der Waals surface area contributed by atoms with E-state index in [9.17, 15) is 0 Å². The van der Waals surface area contributed by atoms with Crippen molar-refractivity contribution < 1.29 is 4.74 Å². The van der Waals surface area contributed by atoms with Crippen LogP contribution in [0.25, 0.3) is 0 Å². The van der Waals surface area contributed by atoms with Crippen LogP contribution in [-0.4, -0.2) is 22.8 Å². The molecule has 0 aliphatic carbocycles. The van der Waals surface area contributed by atoms with Gasteiger partial charge in [0.25, 0.3) is 0 Å². The molecule has 0 N–H and O–H groups in total. The van der Waals surface area contributed by atoms with Crippen molar-refractivity contribution in [3.05, 3.63) is 0 Å². The minimum atomic E-state index is -0.904. The van der Waals surface area contributed by atoms with Crippen LogP contribution in [0.2, 0.25) is 16.5 Å². The van der Waals surface area contributed by atoms with Gasteiger partial charge >= 0.3 is 64.4 Å². The van der Waals surface area contributed by atoms with E-state index in [0.29, 0.717) is 0 Å². The fraction of sp³-hybridized carbons (Fsp3) is 1.00. The molecule has 0 spiro atoms. The summed E-state index contributed by atoms with van der Waals surface area (Å²) in [5.41, 5.74) is 0. The van der Waals surface area contributed by atoms with Crippen LogP contribution in [0.3, 0.4) is 0 Å². The Morgan fingerprint density at radius 1 is 1.38 bits per heavy atom. The Hall–Kier alpha value is 1.21. The van der Waals surface area contributed by atoms with E-state index < -0.39 is 9.60 Å².